The van der Waals surface area contributed by atoms with Gasteiger partial charge in [-0.25, -0.2) is 4.68 Å². The van der Waals surface area contributed by atoms with E-state index in [9.17, 15) is 4.79 Å². The Labute approximate surface area is 163 Å². The van der Waals surface area contributed by atoms with Gasteiger partial charge in [0.1, 0.15) is 0 Å². The van der Waals surface area contributed by atoms with Gasteiger partial charge in [0, 0.05) is 13.0 Å². The number of thioether (sulfide) groups is 1. The molecule has 148 valence electrons. The molecule has 2 rings (SSSR count). The van der Waals surface area contributed by atoms with Crippen LogP contribution in [0.3, 0.4) is 0 Å². The third-order valence-electron chi connectivity index (χ3n) is 4.01. The van der Waals surface area contributed by atoms with E-state index in [0.29, 0.717) is 29.6 Å². The summed E-state index contributed by atoms with van der Waals surface area (Å²) in [5.74, 6) is 8.26. The van der Waals surface area contributed by atoms with Crippen molar-refractivity contribution < 1.29 is 14.3 Å². The fourth-order valence-electron chi connectivity index (χ4n) is 2.47. The number of carbonyl (C=O) groups is 1. The number of carbonyl (C=O) groups excluding carboxylic acids is 1. The highest BCUT2D eigenvalue weighted by molar-refractivity contribution is 7.99. The van der Waals surface area contributed by atoms with Crippen molar-refractivity contribution in [2.24, 2.45) is 0 Å². The van der Waals surface area contributed by atoms with Crippen molar-refractivity contribution in [1.82, 2.24) is 20.2 Å². The molecule has 1 aromatic heterocycles. The van der Waals surface area contributed by atoms with Gasteiger partial charge in [-0.15, -0.1) is 10.2 Å². The summed E-state index contributed by atoms with van der Waals surface area (Å²) >= 11 is 1.28. The van der Waals surface area contributed by atoms with Crippen LogP contribution < -0.4 is 20.6 Å². The molecule has 0 saturated heterocycles. The number of nitrogens with one attached hydrogen (secondary N) is 1. The number of rotatable bonds is 11. The zero-order valence-electron chi connectivity index (χ0n) is 16.0. The van der Waals surface area contributed by atoms with E-state index in [0.717, 1.165) is 30.7 Å². The summed E-state index contributed by atoms with van der Waals surface area (Å²) < 4.78 is 12.0. The number of ether oxygens (including phenoxy) is 2. The Kier molecular flexibility index (Phi) is 8.25. The first-order chi connectivity index (χ1) is 13.1. The molecule has 0 bridgehead atoms. The molecule has 1 heterocycles. The fourth-order valence-corrected chi connectivity index (χ4v) is 3.18. The van der Waals surface area contributed by atoms with E-state index in [1.807, 2.05) is 18.2 Å². The molecule has 3 N–H and O–H groups in total. The van der Waals surface area contributed by atoms with Crippen LogP contribution in [0.25, 0.3) is 0 Å². The molecule has 1 aromatic carbocycles. The van der Waals surface area contributed by atoms with Gasteiger partial charge in [0.15, 0.2) is 17.3 Å². The topological polar surface area (TPSA) is 104 Å². The van der Waals surface area contributed by atoms with Crippen molar-refractivity contribution in [3.63, 3.8) is 0 Å². The number of aromatic nitrogens is 3. The first-order valence-corrected chi connectivity index (χ1v) is 9.87. The van der Waals surface area contributed by atoms with Crippen molar-refractivity contribution in [2.45, 2.75) is 37.8 Å². The SMILES string of the molecule is CCCCc1nnc(SCC(=O)NCCc2ccc(OC)c(OC)c2)n1N. The molecule has 0 unspecified atom stereocenters. The minimum atomic E-state index is -0.0708. The molecular formula is C18H27N5O3S. The van der Waals surface area contributed by atoms with Crippen molar-refractivity contribution in [3.8, 4) is 11.5 Å². The summed E-state index contributed by atoms with van der Waals surface area (Å²) in [4.78, 5) is 12.0. The first kappa shape index (κ1) is 20.9. The lowest BCUT2D eigenvalue weighted by molar-refractivity contribution is -0.118. The molecule has 0 spiro atoms. The minimum absolute atomic E-state index is 0.0708. The average molecular weight is 394 g/mol. The van der Waals surface area contributed by atoms with E-state index < -0.39 is 0 Å². The van der Waals surface area contributed by atoms with Gasteiger partial charge < -0.3 is 20.6 Å². The maximum absolute atomic E-state index is 12.0. The second-order valence-electron chi connectivity index (χ2n) is 5.95. The van der Waals surface area contributed by atoms with E-state index in [-0.39, 0.29) is 11.7 Å². The number of methoxy groups -OCH3 is 2. The van der Waals surface area contributed by atoms with Gasteiger partial charge in [-0.3, -0.25) is 4.79 Å². The van der Waals surface area contributed by atoms with E-state index in [2.05, 4.69) is 22.4 Å². The van der Waals surface area contributed by atoms with Crippen LogP contribution in [0.4, 0.5) is 0 Å². The number of benzene rings is 1. The van der Waals surface area contributed by atoms with Gasteiger partial charge in [0.25, 0.3) is 0 Å². The summed E-state index contributed by atoms with van der Waals surface area (Å²) in [7, 11) is 3.20. The van der Waals surface area contributed by atoms with E-state index >= 15 is 0 Å². The molecule has 0 fully saturated rings. The van der Waals surface area contributed by atoms with Crippen LogP contribution in [-0.4, -0.2) is 47.3 Å². The maximum atomic E-state index is 12.0. The highest BCUT2D eigenvalue weighted by Gasteiger charge is 2.12. The number of unbranched alkanes of at least 4 members (excludes halogenated alkanes) is 1. The molecule has 27 heavy (non-hydrogen) atoms. The van der Waals surface area contributed by atoms with Crippen LogP contribution in [0, 0.1) is 0 Å². The lowest BCUT2D eigenvalue weighted by Gasteiger charge is -2.10. The summed E-state index contributed by atoms with van der Waals surface area (Å²) in [6.07, 6.45) is 3.57. The zero-order chi connectivity index (χ0) is 19.6. The monoisotopic (exact) mass is 393 g/mol. The van der Waals surface area contributed by atoms with Crippen molar-refractivity contribution in [2.75, 3.05) is 32.4 Å². The van der Waals surface area contributed by atoms with Gasteiger partial charge in [-0.1, -0.05) is 31.2 Å². The van der Waals surface area contributed by atoms with Gasteiger partial charge in [-0.2, -0.15) is 0 Å². The standard InChI is InChI=1S/C18H27N5O3S/c1-4-5-6-16-21-22-18(23(16)19)27-12-17(24)20-10-9-13-7-8-14(25-2)15(11-13)26-3/h7-8,11H,4-6,9-10,12,19H2,1-3H3,(H,20,24). The van der Waals surface area contributed by atoms with Crippen LogP contribution >= 0.6 is 11.8 Å². The summed E-state index contributed by atoms with van der Waals surface area (Å²) in [5, 5.41) is 11.6. The Balaban J connectivity index is 1.76. The van der Waals surface area contributed by atoms with E-state index in [1.165, 1.54) is 16.4 Å². The van der Waals surface area contributed by atoms with Crippen molar-refractivity contribution in [1.29, 1.82) is 0 Å². The molecule has 0 aliphatic rings. The molecule has 8 nitrogen and oxygen atoms in total. The van der Waals surface area contributed by atoms with Crippen LogP contribution in [0.5, 0.6) is 11.5 Å². The lowest BCUT2D eigenvalue weighted by atomic mass is 10.1. The summed E-state index contributed by atoms with van der Waals surface area (Å²) in [6.45, 7) is 2.64. The molecule has 0 atom stereocenters. The Bertz CT molecular complexity index is 751. The molecule has 1 amide bonds. The highest BCUT2D eigenvalue weighted by atomic mass is 32.2. The van der Waals surface area contributed by atoms with Crippen LogP contribution in [0.15, 0.2) is 23.4 Å². The lowest BCUT2D eigenvalue weighted by Crippen LogP contribution is -2.27. The molecule has 9 heteroatoms. The Morgan fingerprint density at radius 3 is 2.70 bits per heavy atom. The Hall–Kier alpha value is -2.42. The van der Waals surface area contributed by atoms with Crippen LogP contribution in [0.1, 0.15) is 31.2 Å². The van der Waals surface area contributed by atoms with E-state index in [4.69, 9.17) is 15.3 Å². The third kappa shape index (κ3) is 6.06. The molecule has 0 aliphatic heterocycles. The zero-order valence-corrected chi connectivity index (χ0v) is 16.8. The Morgan fingerprint density at radius 2 is 2.00 bits per heavy atom. The van der Waals surface area contributed by atoms with Gasteiger partial charge in [-0.05, 0) is 30.5 Å². The van der Waals surface area contributed by atoms with E-state index in [1.54, 1.807) is 14.2 Å². The summed E-state index contributed by atoms with van der Waals surface area (Å²) in [6, 6.07) is 5.72. The number of nitrogens with zero attached hydrogens (tertiary/aromatic N) is 3. The largest absolute Gasteiger partial charge is 0.493 e. The maximum Gasteiger partial charge on any atom is 0.230 e. The minimum Gasteiger partial charge on any atom is -0.493 e. The number of aryl methyl sites for hydroxylation is 1. The molecule has 0 saturated carbocycles. The normalized spacial score (nSPS) is 10.6. The van der Waals surface area contributed by atoms with Crippen molar-refractivity contribution in [3.05, 3.63) is 29.6 Å². The van der Waals surface area contributed by atoms with Crippen LogP contribution in [-0.2, 0) is 17.6 Å². The first-order valence-electron chi connectivity index (χ1n) is 8.88. The fraction of sp³-hybridized carbons (Fsp3) is 0.500. The number of amides is 1. The van der Waals surface area contributed by atoms with Gasteiger partial charge in [0.2, 0.25) is 11.1 Å². The predicted molar refractivity (Wildman–Crippen MR) is 106 cm³/mol. The van der Waals surface area contributed by atoms with Gasteiger partial charge >= 0.3 is 0 Å². The molecule has 0 radical (unpaired) electrons. The molecule has 2 aromatic rings. The van der Waals surface area contributed by atoms with Crippen LogP contribution in [0.2, 0.25) is 0 Å². The molecular weight excluding hydrogens is 366 g/mol. The highest BCUT2D eigenvalue weighted by Crippen LogP contribution is 2.27. The molecule has 0 aliphatic carbocycles. The number of hydrogen-bond acceptors (Lipinski definition) is 7. The van der Waals surface area contributed by atoms with Gasteiger partial charge in [0.05, 0.1) is 20.0 Å². The number of nitrogens with two attached hydrogens (primary N) is 1. The number of nitrogen functional groups attached to an aromatic ring is 1. The Morgan fingerprint density at radius 1 is 1.22 bits per heavy atom. The average Bonchev–Trinajstić information content (AvgIpc) is 3.04. The third-order valence-corrected chi connectivity index (χ3v) is 4.95. The summed E-state index contributed by atoms with van der Waals surface area (Å²) in [5.41, 5.74) is 1.06. The second-order valence-corrected chi connectivity index (χ2v) is 6.89. The van der Waals surface area contributed by atoms with Crippen molar-refractivity contribution >= 4 is 17.7 Å². The number of hydrogen-bond donors (Lipinski definition) is 2. The smallest absolute Gasteiger partial charge is 0.230 e. The predicted octanol–water partition coefficient (Wildman–Crippen LogP) is 1.80. The second kappa shape index (κ2) is 10.7. The quantitative estimate of drug-likeness (QED) is 0.443.